The molecule has 6 heterocycles. The molecule has 6 rings (SSSR count). The first-order valence-electron chi connectivity index (χ1n) is 19.5. The first-order chi connectivity index (χ1) is 29.6. The van der Waals surface area contributed by atoms with Crippen molar-refractivity contribution in [1.82, 2.24) is 40.1 Å². The van der Waals surface area contributed by atoms with E-state index in [9.17, 15) is 49.5 Å². The minimum absolute atomic E-state index is 0.0278. The second kappa shape index (κ2) is 20.1. The fourth-order valence-electron chi connectivity index (χ4n) is 6.66. The summed E-state index contributed by atoms with van der Waals surface area (Å²) in [5, 5.41) is 2.85. The van der Waals surface area contributed by atoms with Crippen LogP contribution in [0.2, 0.25) is 0 Å². The molecular weight excluding hydrogens is 852 g/mol. The minimum atomic E-state index is -4.66. The number of methoxy groups -OCH3 is 2. The molecule has 0 spiro atoms. The predicted octanol–water partition coefficient (Wildman–Crippen LogP) is 7.18. The maximum Gasteiger partial charge on any atom is 0.451 e. The number of carbonyl (C=O) groups excluding carboxylic acids is 3. The molecule has 4 aromatic heterocycles. The van der Waals surface area contributed by atoms with Gasteiger partial charge in [-0.2, -0.15) is 26.3 Å². The lowest BCUT2D eigenvalue weighted by atomic mass is 10.0. The van der Waals surface area contributed by atoms with Crippen molar-refractivity contribution in [2.24, 2.45) is 0 Å². The highest BCUT2D eigenvalue weighted by molar-refractivity contribution is 5.88. The molecule has 0 aromatic carbocycles. The number of ketones is 2. The number of hydrogen-bond acceptors (Lipinski definition) is 13. The van der Waals surface area contributed by atoms with Gasteiger partial charge in [-0.05, 0) is 56.9 Å². The molecule has 340 valence electrons. The van der Waals surface area contributed by atoms with E-state index in [1.807, 2.05) is 0 Å². The molecule has 2 saturated heterocycles. The molecule has 2 aliphatic rings. The van der Waals surface area contributed by atoms with Crippen LogP contribution >= 0.6 is 0 Å². The van der Waals surface area contributed by atoms with Crippen molar-refractivity contribution in [3.8, 4) is 34.0 Å². The fraction of sp³-hybridized carbons (Fsp3) is 0.488. The van der Waals surface area contributed by atoms with Crippen LogP contribution < -0.4 is 14.8 Å². The second-order valence-corrected chi connectivity index (χ2v) is 15.6. The number of Topliss-reactive ketones (excluding diaryl/α,β-unsaturated/α-hetero) is 2. The number of likely N-dealkylation sites (tertiary alicyclic amines) is 1. The van der Waals surface area contributed by atoms with E-state index in [1.165, 1.54) is 26.6 Å². The predicted molar refractivity (Wildman–Crippen MR) is 208 cm³/mol. The summed E-state index contributed by atoms with van der Waals surface area (Å²) in [6.07, 6.45) is -4.75. The highest BCUT2D eigenvalue weighted by Crippen LogP contribution is 2.31. The monoisotopic (exact) mass is 896 g/mol. The van der Waals surface area contributed by atoms with Crippen molar-refractivity contribution < 1.29 is 63.7 Å². The topological polar surface area (TPSA) is 172 Å². The molecule has 2 aliphatic heterocycles. The number of rotatable bonds is 12. The van der Waals surface area contributed by atoms with Gasteiger partial charge in [-0.15, -0.1) is 0 Å². The van der Waals surface area contributed by atoms with Crippen LogP contribution in [0.5, 0.6) is 11.5 Å². The van der Waals surface area contributed by atoms with Gasteiger partial charge in [0.15, 0.2) is 5.78 Å². The van der Waals surface area contributed by atoms with E-state index in [0.717, 1.165) is 29.7 Å². The van der Waals surface area contributed by atoms with Gasteiger partial charge in [0.05, 0.1) is 56.6 Å². The number of pyridine rings is 2. The van der Waals surface area contributed by atoms with E-state index >= 15 is 0 Å². The van der Waals surface area contributed by atoms with Crippen molar-refractivity contribution in [1.29, 1.82) is 0 Å². The summed E-state index contributed by atoms with van der Waals surface area (Å²) in [7, 11) is 2.87. The molecule has 2 fully saturated rings. The fourth-order valence-corrected chi connectivity index (χ4v) is 6.66. The lowest BCUT2D eigenvalue weighted by Gasteiger charge is -2.27. The highest BCUT2D eigenvalue weighted by atomic mass is 19.4. The van der Waals surface area contributed by atoms with Gasteiger partial charge in [0, 0.05) is 68.1 Å². The van der Waals surface area contributed by atoms with Crippen molar-refractivity contribution in [3.05, 3.63) is 72.1 Å². The molecule has 4 atom stereocenters. The zero-order valence-corrected chi connectivity index (χ0v) is 34.7. The Labute approximate surface area is 356 Å². The summed E-state index contributed by atoms with van der Waals surface area (Å²) < 4.78 is 119. The molecule has 14 nitrogen and oxygen atoms in total. The number of nitrogens with one attached hydrogen (secondary N) is 1. The summed E-state index contributed by atoms with van der Waals surface area (Å²) >= 11 is 0. The van der Waals surface area contributed by atoms with Crippen LogP contribution in [0.3, 0.4) is 0 Å². The number of aryl methyl sites for hydroxylation is 2. The Morgan fingerprint density at radius 2 is 1.14 bits per heavy atom. The number of nitrogens with zero attached hydrogens (tertiary/aromatic N) is 7. The van der Waals surface area contributed by atoms with E-state index in [4.69, 9.17) is 14.2 Å². The Kier molecular flexibility index (Phi) is 15.3. The summed E-state index contributed by atoms with van der Waals surface area (Å²) in [4.78, 5) is 60.4. The van der Waals surface area contributed by atoms with Crippen LogP contribution in [0.4, 0.5) is 39.9 Å². The van der Waals surface area contributed by atoms with Crippen molar-refractivity contribution in [2.45, 2.75) is 102 Å². The lowest BCUT2D eigenvalue weighted by molar-refractivity contribution is -0.145. The molecule has 1 N–H and O–H groups in total. The third kappa shape index (κ3) is 13.1. The largest absolute Gasteiger partial charge is 0.495 e. The SMILES string of the molecule is COc1cnc(-c2cnc(C(F)(F)F)nc2)cc1CCC(=O)[C@@H]1C[C@@H](F)CN1.COc1cnc(-c2cnc(C(F)(F)F)nc2)cc1CCC(=O)[C@@H]1C[C@@H](F)CN1C(=O)OC(C)(C)C. The Balaban J connectivity index is 0.000000243. The minimum Gasteiger partial charge on any atom is -0.495 e. The van der Waals surface area contributed by atoms with E-state index in [2.05, 4.69) is 35.2 Å². The normalized spacial score (nSPS) is 19.0. The zero-order valence-electron chi connectivity index (χ0n) is 34.7. The van der Waals surface area contributed by atoms with Crippen molar-refractivity contribution >= 4 is 17.7 Å². The molecule has 4 aromatic rings. The van der Waals surface area contributed by atoms with Gasteiger partial charge >= 0.3 is 18.4 Å². The van der Waals surface area contributed by atoms with E-state index in [-0.39, 0.29) is 62.3 Å². The Morgan fingerprint density at radius 3 is 1.54 bits per heavy atom. The molecule has 22 heteroatoms. The third-order valence-corrected chi connectivity index (χ3v) is 9.74. The average Bonchev–Trinajstić information content (AvgIpc) is 3.86. The molecule has 0 aliphatic carbocycles. The Morgan fingerprint density at radius 1 is 0.683 bits per heavy atom. The van der Waals surface area contributed by atoms with Gasteiger partial charge < -0.3 is 19.5 Å². The standard InChI is InChI=1S/C23H26F4N4O4.C18H18F4N4O2/c1-22(2,3)35-21(33)31-12-15(24)8-17(31)18(32)6-5-13-7-16(28-11-19(13)34-4)14-9-29-20(30-10-14)23(25,26)27;1-28-16-9-24-13(11-6-25-17(26-7-11)18(20,21)22)4-10(16)2-3-15(27)14-5-12(19)8-23-14/h7,9-11,15,17H,5-6,8,12H2,1-4H3;4,6-7,9,12,14,23H,2-3,5,8H2,1H3/t15-,17+;12-,14+/m11/s1. The Hall–Kier alpha value is -5.93. The maximum atomic E-state index is 14.1. The van der Waals surface area contributed by atoms with Crippen LogP contribution in [0.1, 0.15) is 69.2 Å². The number of carbonyl (C=O) groups is 3. The molecule has 63 heavy (non-hydrogen) atoms. The van der Waals surface area contributed by atoms with Crippen molar-refractivity contribution in [3.63, 3.8) is 0 Å². The van der Waals surface area contributed by atoms with E-state index < -0.39 is 60.1 Å². The highest BCUT2D eigenvalue weighted by Gasteiger charge is 2.41. The zero-order chi connectivity index (χ0) is 46.3. The Bertz CT molecular complexity index is 2220. The number of amides is 1. The second-order valence-electron chi connectivity index (χ2n) is 15.6. The number of alkyl halides is 8. The van der Waals surface area contributed by atoms with Crippen molar-refractivity contribution in [2.75, 3.05) is 27.3 Å². The van der Waals surface area contributed by atoms with Gasteiger partial charge in [0.1, 0.15) is 35.2 Å². The number of aromatic nitrogens is 6. The van der Waals surface area contributed by atoms with Crippen LogP contribution in [0.15, 0.2) is 49.3 Å². The quantitative estimate of drug-likeness (QED) is 0.142. The van der Waals surface area contributed by atoms with Gasteiger partial charge in [0.25, 0.3) is 0 Å². The van der Waals surface area contributed by atoms with Gasteiger partial charge in [0.2, 0.25) is 11.6 Å². The van der Waals surface area contributed by atoms with Crippen LogP contribution in [-0.4, -0.2) is 110 Å². The number of ether oxygens (including phenoxy) is 3. The number of halogens is 8. The smallest absolute Gasteiger partial charge is 0.451 e. The lowest BCUT2D eigenvalue weighted by Crippen LogP contribution is -2.43. The third-order valence-electron chi connectivity index (χ3n) is 9.74. The molecule has 0 unspecified atom stereocenters. The van der Waals surface area contributed by atoms with Crippen LogP contribution in [0.25, 0.3) is 22.5 Å². The van der Waals surface area contributed by atoms with E-state index in [1.54, 1.807) is 32.9 Å². The first kappa shape index (κ1) is 48.1. The summed E-state index contributed by atoms with van der Waals surface area (Å²) in [5.74, 6) is -2.11. The van der Waals surface area contributed by atoms with Gasteiger partial charge in [-0.1, -0.05) is 0 Å². The first-order valence-corrected chi connectivity index (χ1v) is 19.5. The molecule has 0 bridgehead atoms. The number of hydrogen-bond donors (Lipinski definition) is 1. The van der Waals surface area contributed by atoms with Crippen LogP contribution in [-0.2, 0) is 39.5 Å². The van der Waals surface area contributed by atoms with E-state index in [0.29, 0.717) is 46.0 Å². The summed E-state index contributed by atoms with van der Waals surface area (Å²) in [6, 6.07) is 1.75. The van der Waals surface area contributed by atoms with Gasteiger partial charge in [-0.3, -0.25) is 24.5 Å². The summed E-state index contributed by atoms with van der Waals surface area (Å²) in [5.41, 5.74) is 1.64. The van der Waals surface area contributed by atoms with Gasteiger partial charge in [-0.25, -0.2) is 33.5 Å². The van der Waals surface area contributed by atoms with Crippen LogP contribution in [0, 0.1) is 0 Å². The average molecular weight is 897 g/mol. The molecule has 0 saturated carbocycles. The molecule has 1 amide bonds. The molecule has 0 radical (unpaired) electrons. The maximum absolute atomic E-state index is 14.1. The summed E-state index contributed by atoms with van der Waals surface area (Å²) in [6.45, 7) is 4.99. The molecular formula is C41H44F8N8O6.